The molecule has 0 unspecified atom stereocenters. The lowest BCUT2D eigenvalue weighted by atomic mass is 10.6. The minimum Gasteiger partial charge on any atom is -0.354 e. The minimum absolute atomic E-state index is 1.19. The molecule has 0 spiro atoms. The molecule has 1 aromatic rings. The van der Waals surface area contributed by atoms with E-state index in [1.807, 2.05) is 36.7 Å². The monoisotopic (exact) mass is 139 g/mol. The first-order valence-corrected chi connectivity index (χ1v) is 3.72. The Balaban J connectivity index is 2.48. The van der Waals surface area contributed by atoms with Gasteiger partial charge < -0.3 is 5.32 Å². The Kier molecular flexibility index (Phi) is 2.33. The zero-order valence-corrected chi connectivity index (χ0v) is 6.11. The van der Waals surface area contributed by atoms with E-state index in [0.717, 1.165) is 0 Å². The largest absolute Gasteiger partial charge is 0.354 e. The van der Waals surface area contributed by atoms with Crippen LogP contribution < -0.4 is 5.32 Å². The van der Waals surface area contributed by atoms with E-state index in [-0.39, 0.29) is 0 Å². The van der Waals surface area contributed by atoms with Gasteiger partial charge in [0.2, 0.25) is 0 Å². The number of hydrogen-bond acceptors (Lipinski definition) is 2. The fraction of sp³-hybridized carbons (Fsp3) is 0.143. The molecule has 0 fully saturated rings. The summed E-state index contributed by atoms with van der Waals surface area (Å²) >= 11 is 1.70. The van der Waals surface area contributed by atoms with Crippen LogP contribution in [0.3, 0.4) is 0 Å². The van der Waals surface area contributed by atoms with Gasteiger partial charge in [-0.1, -0.05) is 6.08 Å². The van der Waals surface area contributed by atoms with Crippen molar-refractivity contribution in [1.82, 2.24) is 0 Å². The van der Waals surface area contributed by atoms with Gasteiger partial charge in [-0.3, -0.25) is 0 Å². The molecule has 1 aromatic heterocycles. The van der Waals surface area contributed by atoms with Crippen molar-refractivity contribution in [2.75, 3.05) is 5.32 Å². The van der Waals surface area contributed by atoms with E-state index in [9.17, 15) is 0 Å². The third-order valence-corrected chi connectivity index (χ3v) is 1.71. The second-order valence-corrected chi connectivity index (χ2v) is 2.57. The van der Waals surface area contributed by atoms with Crippen LogP contribution in [0.4, 0.5) is 5.00 Å². The Morgan fingerprint density at radius 2 is 2.56 bits per heavy atom. The maximum atomic E-state index is 3.11. The maximum Gasteiger partial charge on any atom is 0.0921 e. The van der Waals surface area contributed by atoms with Crippen molar-refractivity contribution < 1.29 is 0 Å². The molecule has 0 saturated carbocycles. The van der Waals surface area contributed by atoms with Gasteiger partial charge in [-0.25, -0.2) is 0 Å². The SMILES string of the molecule is CC=CNc1cccs1. The zero-order chi connectivity index (χ0) is 6.53. The van der Waals surface area contributed by atoms with Gasteiger partial charge in [-0.15, -0.1) is 11.3 Å². The van der Waals surface area contributed by atoms with Crippen molar-refractivity contribution in [1.29, 1.82) is 0 Å². The molecule has 0 radical (unpaired) electrons. The van der Waals surface area contributed by atoms with Gasteiger partial charge in [0.15, 0.2) is 0 Å². The van der Waals surface area contributed by atoms with Crippen LogP contribution in [-0.2, 0) is 0 Å². The van der Waals surface area contributed by atoms with Crippen molar-refractivity contribution in [3.05, 3.63) is 29.8 Å². The molecular weight excluding hydrogens is 130 g/mol. The molecule has 0 saturated heterocycles. The Morgan fingerprint density at radius 3 is 3.11 bits per heavy atom. The van der Waals surface area contributed by atoms with Gasteiger partial charge in [-0.2, -0.15) is 0 Å². The highest BCUT2D eigenvalue weighted by molar-refractivity contribution is 7.14. The van der Waals surface area contributed by atoms with Crippen molar-refractivity contribution in [2.24, 2.45) is 0 Å². The summed E-state index contributed by atoms with van der Waals surface area (Å²) in [6.45, 7) is 1.99. The van der Waals surface area contributed by atoms with E-state index < -0.39 is 0 Å². The standard InChI is InChI=1S/C7H9NS/c1-2-5-8-7-4-3-6-9-7/h2-6,8H,1H3. The average molecular weight is 139 g/mol. The topological polar surface area (TPSA) is 12.0 Å². The molecule has 1 heterocycles. The highest BCUT2D eigenvalue weighted by Gasteiger charge is 1.83. The predicted molar refractivity (Wildman–Crippen MR) is 42.8 cm³/mol. The fourth-order valence-corrected chi connectivity index (χ4v) is 1.12. The predicted octanol–water partition coefficient (Wildman–Crippen LogP) is 2.69. The van der Waals surface area contributed by atoms with E-state index >= 15 is 0 Å². The fourth-order valence-electron chi connectivity index (χ4n) is 0.526. The third-order valence-electron chi connectivity index (χ3n) is 0.913. The molecular formula is C7H9NS. The summed E-state index contributed by atoms with van der Waals surface area (Å²) in [4.78, 5) is 0. The van der Waals surface area contributed by atoms with Crippen LogP contribution in [0.2, 0.25) is 0 Å². The molecule has 48 valence electrons. The smallest absolute Gasteiger partial charge is 0.0921 e. The van der Waals surface area contributed by atoms with E-state index in [1.165, 1.54) is 5.00 Å². The lowest BCUT2D eigenvalue weighted by molar-refractivity contribution is 1.63. The van der Waals surface area contributed by atoms with Crippen LogP contribution in [0.1, 0.15) is 6.92 Å². The van der Waals surface area contributed by atoms with Gasteiger partial charge in [0.25, 0.3) is 0 Å². The molecule has 0 aliphatic carbocycles. The summed E-state index contributed by atoms with van der Waals surface area (Å²) in [7, 11) is 0. The summed E-state index contributed by atoms with van der Waals surface area (Å²) in [6, 6.07) is 4.07. The van der Waals surface area contributed by atoms with E-state index in [4.69, 9.17) is 0 Å². The second-order valence-electron chi connectivity index (χ2n) is 1.62. The molecule has 9 heavy (non-hydrogen) atoms. The molecule has 0 amide bonds. The van der Waals surface area contributed by atoms with Gasteiger partial charge in [0.05, 0.1) is 5.00 Å². The van der Waals surface area contributed by atoms with Crippen LogP contribution in [0.15, 0.2) is 29.8 Å². The van der Waals surface area contributed by atoms with Crippen molar-refractivity contribution in [2.45, 2.75) is 6.92 Å². The third kappa shape index (κ3) is 1.90. The van der Waals surface area contributed by atoms with E-state index in [2.05, 4.69) is 5.32 Å². The molecule has 1 N–H and O–H groups in total. The lowest BCUT2D eigenvalue weighted by Gasteiger charge is -1.90. The van der Waals surface area contributed by atoms with E-state index in [1.54, 1.807) is 11.3 Å². The normalized spacial score (nSPS) is 10.3. The van der Waals surface area contributed by atoms with Crippen LogP contribution in [0.5, 0.6) is 0 Å². The summed E-state index contributed by atoms with van der Waals surface area (Å²) in [5.74, 6) is 0. The molecule has 0 bridgehead atoms. The second kappa shape index (κ2) is 3.30. The van der Waals surface area contributed by atoms with Gasteiger partial charge >= 0.3 is 0 Å². The maximum absolute atomic E-state index is 3.11. The Morgan fingerprint density at radius 1 is 1.67 bits per heavy atom. The van der Waals surface area contributed by atoms with Crippen molar-refractivity contribution in [3.8, 4) is 0 Å². The molecule has 2 heteroatoms. The molecule has 1 rings (SSSR count). The summed E-state index contributed by atoms with van der Waals surface area (Å²) in [5.41, 5.74) is 0. The number of rotatable bonds is 2. The lowest BCUT2D eigenvalue weighted by Crippen LogP contribution is -1.79. The first kappa shape index (κ1) is 6.36. The number of nitrogens with one attached hydrogen (secondary N) is 1. The number of anilines is 1. The van der Waals surface area contributed by atoms with Gasteiger partial charge in [0.1, 0.15) is 0 Å². The van der Waals surface area contributed by atoms with Crippen LogP contribution >= 0.6 is 11.3 Å². The van der Waals surface area contributed by atoms with Crippen molar-refractivity contribution in [3.63, 3.8) is 0 Å². The summed E-state index contributed by atoms with van der Waals surface area (Å²) in [6.07, 6.45) is 3.89. The van der Waals surface area contributed by atoms with Gasteiger partial charge in [0, 0.05) is 0 Å². The average Bonchev–Trinajstić information content (AvgIpc) is 2.34. The first-order chi connectivity index (χ1) is 4.43. The van der Waals surface area contributed by atoms with Crippen LogP contribution in [-0.4, -0.2) is 0 Å². The van der Waals surface area contributed by atoms with Crippen LogP contribution in [0.25, 0.3) is 0 Å². The first-order valence-electron chi connectivity index (χ1n) is 2.84. The molecule has 0 aliphatic heterocycles. The highest BCUT2D eigenvalue weighted by Crippen LogP contribution is 2.14. The Labute approximate surface area is 59.0 Å². The van der Waals surface area contributed by atoms with E-state index in [0.29, 0.717) is 0 Å². The highest BCUT2D eigenvalue weighted by atomic mass is 32.1. The Bertz CT molecular complexity index is 177. The Hall–Kier alpha value is -0.760. The zero-order valence-electron chi connectivity index (χ0n) is 5.29. The van der Waals surface area contributed by atoms with Crippen LogP contribution in [0, 0.1) is 0 Å². The summed E-state index contributed by atoms with van der Waals surface area (Å²) in [5, 5.41) is 6.35. The summed E-state index contributed by atoms with van der Waals surface area (Å²) < 4.78 is 0. The minimum atomic E-state index is 1.19. The molecule has 1 nitrogen and oxygen atoms in total. The van der Waals surface area contributed by atoms with Crippen molar-refractivity contribution >= 4 is 16.3 Å². The number of allylic oxidation sites excluding steroid dienone is 1. The molecule has 0 atom stereocenters. The number of thiophene rings is 1. The quantitative estimate of drug-likeness (QED) is 0.664. The molecule has 0 aromatic carbocycles. The van der Waals surface area contributed by atoms with Gasteiger partial charge in [-0.05, 0) is 30.6 Å². The molecule has 0 aliphatic rings. The number of hydrogen-bond donors (Lipinski definition) is 1.